The van der Waals surface area contributed by atoms with Crippen molar-refractivity contribution in [2.75, 3.05) is 7.11 Å². The smallest absolute Gasteiger partial charge is 0.311 e. The van der Waals surface area contributed by atoms with Crippen LogP contribution in [0.5, 0.6) is 5.75 Å². The van der Waals surface area contributed by atoms with Crippen LogP contribution in [0.2, 0.25) is 0 Å². The number of nitrogens with zero attached hydrogens (tertiary/aromatic N) is 1. The minimum atomic E-state index is -3.08. The molecule has 0 saturated carbocycles. The molecule has 0 aliphatic carbocycles. The number of hydrogen-bond donors (Lipinski definition) is 1. The number of ether oxygens (including phenoxy) is 1. The van der Waals surface area contributed by atoms with Gasteiger partial charge in [0.15, 0.2) is 11.6 Å². The van der Waals surface area contributed by atoms with Crippen LogP contribution in [0.3, 0.4) is 0 Å². The van der Waals surface area contributed by atoms with Crippen LogP contribution in [0.15, 0.2) is 6.20 Å². The highest BCUT2D eigenvalue weighted by Crippen LogP contribution is 2.29. The number of carbonyl (C=O) groups is 1. The molecule has 1 aromatic heterocycles. The van der Waals surface area contributed by atoms with E-state index in [2.05, 4.69) is 9.72 Å². The molecule has 0 amide bonds. The van der Waals surface area contributed by atoms with E-state index in [1.54, 1.807) is 0 Å². The predicted molar refractivity (Wildman–Crippen MR) is 46.5 cm³/mol. The van der Waals surface area contributed by atoms with Crippen LogP contribution in [0, 0.1) is 5.82 Å². The molecule has 0 aliphatic heterocycles. The molecule has 0 atom stereocenters. The van der Waals surface area contributed by atoms with E-state index >= 15 is 0 Å². The summed E-state index contributed by atoms with van der Waals surface area (Å²) in [7, 11) is 1.10. The molecule has 1 rings (SSSR count). The quantitative estimate of drug-likeness (QED) is 0.808. The van der Waals surface area contributed by atoms with Crippen LogP contribution in [0.25, 0.3) is 0 Å². The Kier molecular flexibility index (Phi) is 3.70. The summed E-state index contributed by atoms with van der Waals surface area (Å²) in [6, 6.07) is 0. The number of methoxy groups -OCH3 is 1. The van der Waals surface area contributed by atoms with Gasteiger partial charge in [-0.3, -0.25) is 9.78 Å². The molecule has 0 fully saturated rings. The summed E-state index contributed by atoms with van der Waals surface area (Å²) in [6.45, 7) is 0. The van der Waals surface area contributed by atoms with Gasteiger partial charge in [-0.2, -0.15) is 0 Å². The Labute approximate surface area is 88.7 Å². The number of esters is 1. The van der Waals surface area contributed by atoms with E-state index in [1.807, 2.05) is 0 Å². The van der Waals surface area contributed by atoms with Gasteiger partial charge in [0.05, 0.1) is 24.8 Å². The molecular weight excluding hydrogens is 227 g/mol. The minimum Gasteiger partial charge on any atom is -0.504 e. The summed E-state index contributed by atoms with van der Waals surface area (Å²) in [6.07, 6.45) is -2.98. The van der Waals surface area contributed by atoms with E-state index in [-0.39, 0.29) is 5.69 Å². The SMILES string of the molecule is COC(=O)Cc1ncc(C(F)F)c(F)c1O. The highest BCUT2D eigenvalue weighted by Gasteiger charge is 2.21. The summed E-state index contributed by atoms with van der Waals surface area (Å²) in [4.78, 5) is 14.2. The first kappa shape index (κ1) is 12.3. The van der Waals surface area contributed by atoms with E-state index in [0.717, 1.165) is 7.11 Å². The molecule has 0 saturated heterocycles. The van der Waals surface area contributed by atoms with Gasteiger partial charge in [0.1, 0.15) is 0 Å². The highest BCUT2D eigenvalue weighted by molar-refractivity contribution is 5.72. The van der Waals surface area contributed by atoms with Crippen LogP contribution >= 0.6 is 0 Å². The number of pyridine rings is 1. The summed E-state index contributed by atoms with van der Waals surface area (Å²) in [5, 5.41) is 9.19. The number of alkyl halides is 2. The monoisotopic (exact) mass is 235 g/mol. The zero-order valence-electron chi connectivity index (χ0n) is 8.21. The molecular formula is C9H8F3NO3. The van der Waals surface area contributed by atoms with Crippen molar-refractivity contribution >= 4 is 5.97 Å². The van der Waals surface area contributed by atoms with Gasteiger partial charge < -0.3 is 9.84 Å². The molecule has 1 heterocycles. The standard InChI is InChI=1S/C9H8F3NO3/c1-16-6(14)2-5-8(15)7(10)4(3-13-5)9(11)12/h3,9,15H,2H2,1H3. The average molecular weight is 235 g/mol. The maximum atomic E-state index is 13.1. The van der Waals surface area contributed by atoms with Crippen molar-refractivity contribution in [3.05, 3.63) is 23.3 Å². The van der Waals surface area contributed by atoms with Crippen molar-refractivity contribution in [1.82, 2.24) is 4.98 Å². The van der Waals surface area contributed by atoms with Crippen molar-refractivity contribution < 1.29 is 27.8 Å². The fourth-order valence-corrected chi connectivity index (χ4v) is 1.02. The predicted octanol–water partition coefficient (Wildman–Crippen LogP) is 1.58. The maximum Gasteiger partial charge on any atom is 0.311 e. The van der Waals surface area contributed by atoms with E-state index in [1.165, 1.54) is 0 Å². The number of rotatable bonds is 3. The molecule has 16 heavy (non-hydrogen) atoms. The lowest BCUT2D eigenvalue weighted by Crippen LogP contribution is -2.08. The Morgan fingerprint density at radius 3 is 2.75 bits per heavy atom. The second kappa shape index (κ2) is 4.82. The lowest BCUT2D eigenvalue weighted by Gasteiger charge is -2.07. The zero-order chi connectivity index (χ0) is 12.3. The molecule has 0 bridgehead atoms. The third-order valence-corrected chi connectivity index (χ3v) is 1.87. The lowest BCUT2D eigenvalue weighted by atomic mass is 10.2. The van der Waals surface area contributed by atoms with Crippen molar-refractivity contribution in [2.24, 2.45) is 0 Å². The normalized spacial score (nSPS) is 10.6. The molecule has 4 nitrogen and oxygen atoms in total. The van der Waals surface area contributed by atoms with E-state index in [0.29, 0.717) is 6.20 Å². The van der Waals surface area contributed by atoms with Gasteiger partial charge in [-0.25, -0.2) is 13.2 Å². The van der Waals surface area contributed by atoms with E-state index in [4.69, 9.17) is 0 Å². The van der Waals surface area contributed by atoms with Crippen LogP contribution < -0.4 is 0 Å². The van der Waals surface area contributed by atoms with Crippen LogP contribution in [-0.2, 0) is 16.0 Å². The first-order chi connectivity index (χ1) is 7.47. The third-order valence-electron chi connectivity index (χ3n) is 1.87. The fraction of sp³-hybridized carbons (Fsp3) is 0.333. The van der Waals surface area contributed by atoms with Crippen molar-refractivity contribution in [3.8, 4) is 5.75 Å². The summed E-state index contributed by atoms with van der Waals surface area (Å²) in [5.41, 5.74) is -1.35. The largest absolute Gasteiger partial charge is 0.504 e. The molecule has 1 N–H and O–H groups in total. The van der Waals surface area contributed by atoms with Gasteiger partial charge in [-0.1, -0.05) is 0 Å². The third kappa shape index (κ3) is 2.41. The second-order valence-electron chi connectivity index (χ2n) is 2.88. The Balaban J connectivity index is 3.07. The molecule has 0 unspecified atom stereocenters. The van der Waals surface area contributed by atoms with Crippen molar-refractivity contribution in [1.29, 1.82) is 0 Å². The summed E-state index contributed by atoms with van der Waals surface area (Å²) >= 11 is 0. The van der Waals surface area contributed by atoms with E-state index in [9.17, 15) is 23.1 Å². The van der Waals surface area contributed by atoms with Crippen LogP contribution in [-0.4, -0.2) is 23.2 Å². The van der Waals surface area contributed by atoms with Crippen molar-refractivity contribution in [2.45, 2.75) is 12.8 Å². The number of carbonyl (C=O) groups excluding carboxylic acids is 1. The first-order valence-corrected chi connectivity index (χ1v) is 4.18. The Morgan fingerprint density at radius 2 is 2.25 bits per heavy atom. The molecule has 1 aromatic rings. The summed E-state index contributed by atoms with van der Waals surface area (Å²) in [5.74, 6) is -3.28. The average Bonchev–Trinajstić information content (AvgIpc) is 2.24. The maximum absolute atomic E-state index is 13.1. The fourth-order valence-electron chi connectivity index (χ4n) is 1.02. The second-order valence-corrected chi connectivity index (χ2v) is 2.88. The van der Waals surface area contributed by atoms with Crippen molar-refractivity contribution in [3.63, 3.8) is 0 Å². The molecule has 0 aromatic carbocycles. The topological polar surface area (TPSA) is 59.4 Å². The highest BCUT2D eigenvalue weighted by atomic mass is 19.3. The number of hydrogen-bond acceptors (Lipinski definition) is 4. The number of aromatic nitrogens is 1. The Bertz CT molecular complexity index is 409. The Morgan fingerprint density at radius 1 is 1.62 bits per heavy atom. The molecule has 0 spiro atoms. The lowest BCUT2D eigenvalue weighted by molar-refractivity contribution is -0.139. The molecule has 7 heteroatoms. The molecule has 88 valence electrons. The number of halogens is 3. The van der Waals surface area contributed by atoms with Gasteiger partial charge in [0.2, 0.25) is 0 Å². The van der Waals surface area contributed by atoms with Gasteiger partial charge >= 0.3 is 5.97 Å². The number of aromatic hydroxyl groups is 1. The Hall–Kier alpha value is -1.79. The van der Waals surface area contributed by atoms with Gasteiger partial charge in [-0.05, 0) is 0 Å². The first-order valence-electron chi connectivity index (χ1n) is 4.18. The summed E-state index contributed by atoms with van der Waals surface area (Å²) < 4.78 is 41.8. The van der Waals surface area contributed by atoms with Crippen LogP contribution in [0.1, 0.15) is 17.7 Å². The van der Waals surface area contributed by atoms with Crippen LogP contribution in [0.4, 0.5) is 13.2 Å². The minimum absolute atomic E-state index is 0.339. The van der Waals surface area contributed by atoms with Gasteiger partial charge in [0.25, 0.3) is 6.43 Å². The zero-order valence-corrected chi connectivity index (χ0v) is 8.21. The van der Waals surface area contributed by atoms with Gasteiger partial charge in [-0.15, -0.1) is 0 Å². The van der Waals surface area contributed by atoms with Gasteiger partial charge in [0, 0.05) is 6.20 Å². The molecule has 0 aliphatic rings. The van der Waals surface area contributed by atoms with E-state index < -0.39 is 35.9 Å². The molecule has 0 radical (unpaired) electrons.